The smallest absolute Gasteiger partial charge is 0.127 e. The summed E-state index contributed by atoms with van der Waals surface area (Å²) in [5.74, 6) is 1.88. The first kappa shape index (κ1) is 18.7. The lowest BCUT2D eigenvalue weighted by Crippen LogP contribution is -2.29. The van der Waals surface area contributed by atoms with Crippen LogP contribution in [0.5, 0.6) is 5.75 Å². The van der Waals surface area contributed by atoms with E-state index in [2.05, 4.69) is 71.8 Å². The fraction of sp³-hybridized carbons (Fsp3) is 0.222. The van der Waals surface area contributed by atoms with E-state index >= 15 is 0 Å². The highest BCUT2D eigenvalue weighted by atomic mass is 16.5. The van der Waals surface area contributed by atoms with Crippen LogP contribution in [0.3, 0.4) is 0 Å². The number of benzene rings is 3. The van der Waals surface area contributed by atoms with Gasteiger partial charge >= 0.3 is 0 Å². The van der Waals surface area contributed by atoms with Gasteiger partial charge in [0.2, 0.25) is 0 Å². The Balaban J connectivity index is 1.39. The maximum atomic E-state index is 5.40. The van der Waals surface area contributed by atoms with Crippen molar-refractivity contribution in [2.75, 3.05) is 12.4 Å². The standard InChI is InChI=1S/C27H26N2O/c1-18-10-15-25-24(16-18)22-7-5-8-23(22)27(29-25)19-11-13-21(14-12-19)28-17-20-6-3-4-9-26(20)30-2/h3-7,9-17,22-23,27,29H,8H2,1-2H3/t22-,23+,27-/m0/s1. The van der Waals surface area contributed by atoms with Gasteiger partial charge in [-0.25, -0.2) is 0 Å². The second-order valence-electron chi connectivity index (χ2n) is 8.16. The van der Waals surface area contributed by atoms with Crippen LogP contribution >= 0.6 is 0 Å². The summed E-state index contributed by atoms with van der Waals surface area (Å²) < 4.78 is 5.40. The minimum atomic E-state index is 0.312. The van der Waals surface area contributed by atoms with Gasteiger partial charge in [-0.15, -0.1) is 0 Å². The zero-order chi connectivity index (χ0) is 20.5. The van der Waals surface area contributed by atoms with E-state index in [1.165, 1.54) is 22.4 Å². The van der Waals surface area contributed by atoms with Gasteiger partial charge < -0.3 is 10.1 Å². The van der Waals surface area contributed by atoms with Crippen LogP contribution in [0.4, 0.5) is 11.4 Å². The molecule has 3 aromatic rings. The molecule has 3 atom stereocenters. The van der Waals surface area contributed by atoms with E-state index in [0.717, 1.165) is 23.4 Å². The minimum absolute atomic E-state index is 0.312. The van der Waals surface area contributed by atoms with Crippen molar-refractivity contribution in [3.05, 3.63) is 101 Å². The Labute approximate surface area is 178 Å². The Bertz CT molecular complexity index is 1110. The summed E-state index contributed by atoms with van der Waals surface area (Å²) in [4.78, 5) is 4.65. The number of anilines is 1. The molecule has 150 valence electrons. The van der Waals surface area contributed by atoms with Crippen LogP contribution in [-0.2, 0) is 0 Å². The highest BCUT2D eigenvalue weighted by Gasteiger charge is 2.37. The Hall–Kier alpha value is -3.33. The highest BCUT2D eigenvalue weighted by Crippen LogP contribution is 2.50. The van der Waals surface area contributed by atoms with Gasteiger partial charge in [0.1, 0.15) is 5.75 Å². The number of para-hydroxylation sites is 1. The van der Waals surface area contributed by atoms with Gasteiger partial charge in [0.05, 0.1) is 18.8 Å². The number of fused-ring (bicyclic) bond motifs is 3. The molecule has 0 radical (unpaired) electrons. The molecular weight excluding hydrogens is 368 g/mol. The monoisotopic (exact) mass is 394 g/mol. The van der Waals surface area contributed by atoms with Gasteiger partial charge in [-0.2, -0.15) is 0 Å². The molecule has 0 bridgehead atoms. The van der Waals surface area contributed by atoms with E-state index in [1.54, 1.807) is 7.11 Å². The van der Waals surface area contributed by atoms with Gasteiger partial charge in [0.15, 0.2) is 0 Å². The molecule has 0 aromatic heterocycles. The molecule has 0 spiro atoms. The summed E-state index contributed by atoms with van der Waals surface area (Å²) in [6.45, 7) is 2.17. The van der Waals surface area contributed by atoms with E-state index in [-0.39, 0.29) is 0 Å². The molecule has 5 rings (SSSR count). The number of nitrogens with zero attached hydrogens (tertiary/aromatic N) is 1. The molecule has 30 heavy (non-hydrogen) atoms. The Morgan fingerprint density at radius 3 is 2.70 bits per heavy atom. The van der Waals surface area contributed by atoms with Crippen molar-refractivity contribution in [1.82, 2.24) is 0 Å². The number of rotatable bonds is 4. The summed E-state index contributed by atoms with van der Waals surface area (Å²) in [6.07, 6.45) is 7.71. The van der Waals surface area contributed by atoms with E-state index in [4.69, 9.17) is 4.74 Å². The fourth-order valence-electron chi connectivity index (χ4n) is 4.73. The van der Waals surface area contributed by atoms with Gasteiger partial charge in [-0.3, -0.25) is 4.99 Å². The van der Waals surface area contributed by atoms with Crippen molar-refractivity contribution in [2.45, 2.75) is 25.3 Å². The molecule has 0 saturated carbocycles. The second kappa shape index (κ2) is 7.83. The third kappa shape index (κ3) is 3.41. The van der Waals surface area contributed by atoms with Crippen LogP contribution in [0.2, 0.25) is 0 Å². The number of ether oxygens (including phenoxy) is 1. The predicted molar refractivity (Wildman–Crippen MR) is 124 cm³/mol. The lowest BCUT2D eigenvalue weighted by atomic mass is 9.76. The van der Waals surface area contributed by atoms with Crippen molar-refractivity contribution in [3.8, 4) is 5.75 Å². The highest BCUT2D eigenvalue weighted by molar-refractivity contribution is 5.85. The number of methoxy groups -OCH3 is 1. The molecule has 3 aromatic carbocycles. The van der Waals surface area contributed by atoms with Gasteiger partial charge in [-0.1, -0.05) is 54.1 Å². The third-order valence-corrected chi connectivity index (χ3v) is 6.26. The second-order valence-corrected chi connectivity index (χ2v) is 8.16. The quantitative estimate of drug-likeness (QED) is 0.400. The third-order valence-electron chi connectivity index (χ3n) is 6.26. The van der Waals surface area contributed by atoms with E-state index in [1.807, 2.05) is 30.5 Å². The molecule has 1 heterocycles. The number of aliphatic imine (C=N–C) groups is 1. The summed E-state index contributed by atoms with van der Waals surface area (Å²) >= 11 is 0. The first-order valence-corrected chi connectivity index (χ1v) is 10.5. The van der Waals surface area contributed by atoms with Gasteiger partial charge in [0.25, 0.3) is 0 Å². The van der Waals surface area contributed by atoms with Crippen LogP contribution < -0.4 is 10.1 Å². The number of aryl methyl sites for hydroxylation is 1. The van der Waals surface area contributed by atoms with E-state index in [0.29, 0.717) is 17.9 Å². The molecule has 2 aliphatic rings. The Kier molecular flexibility index (Phi) is 4.88. The van der Waals surface area contributed by atoms with Crippen LogP contribution in [-0.4, -0.2) is 13.3 Å². The minimum Gasteiger partial charge on any atom is -0.496 e. The fourth-order valence-corrected chi connectivity index (χ4v) is 4.73. The van der Waals surface area contributed by atoms with Crippen LogP contribution in [0, 0.1) is 12.8 Å². The molecule has 3 nitrogen and oxygen atoms in total. The van der Waals surface area contributed by atoms with Crippen molar-refractivity contribution in [3.63, 3.8) is 0 Å². The molecule has 0 unspecified atom stereocenters. The Morgan fingerprint density at radius 2 is 1.87 bits per heavy atom. The first-order valence-electron chi connectivity index (χ1n) is 10.5. The summed E-state index contributed by atoms with van der Waals surface area (Å²) in [5, 5.41) is 3.81. The van der Waals surface area contributed by atoms with Crippen molar-refractivity contribution in [1.29, 1.82) is 0 Å². The molecule has 0 fully saturated rings. The summed E-state index contributed by atoms with van der Waals surface area (Å²) in [7, 11) is 1.68. The normalized spacial score (nSPS) is 21.9. The summed E-state index contributed by atoms with van der Waals surface area (Å²) in [5.41, 5.74) is 7.25. The number of hydrogen-bond donors (Lipinski definition) is 1. The number of hydrogen-bond acceptors (Lipinski definition) is 3. The topological polar surface area (TPSA) is 33.6 Å². The van der Waals surface area contributed by atoms with Crippen molar-refractivity contribution < 1.29 is 4.74 Å². The average Bonchev–Trinajstić information content (AvgIpc) is 3.28. The van der Waals surface area contributed by atoms with Gasteiger partial charge in [0, 0.05) is 23.4 Å². The van der Waals surface area contributed by atoms with Crippen molar-refractivity contribution >= 4 is 17.6 Å². The maximum Gasteiger partial charge on any atom is 0.127 e. The maximum absolute atomic E-state index is 5.40. The first-order chi connectivity index (χ1) is 14.7. The van der Waals surface area contributed by atoms with E-state index < -0.39 is 0 Å². The van der Waals surface area contributed by atoms with E-state index in [9.17, 15) is 0 Å². The molecule has 0 saturated heterocycles. The number of nitrogens with one attached hydrogen (secondary N) is 1. The lowest BCUT2D eigenvalue weighted by molar-refractivity contribution is 0.414. The largest absolute Gasteiger partial charge is 0.496 e. The van der Waals surface area contributed by atoms with Crippen LogP contribution in [0.1, 0.15) is 40.6 Å². The predicted octanol–water partition coefficient (Wildman–Crippen LogP) is 6.58. The number of allylic oxidation sites excluding steroid dienone is 2. The molecule has 1 aliphatic carbocycles. The zero-order valence-corrected chi connectivity index (χ0v) is 17.4. The van der Waals surface area contributed by atoms with Crippen molar-refractivity contribution in [2.24, 2.45) is 10.9 Å². The summed E-state index contributed by atoms with van der Waals surface area (Å²) in [6, 6.07) is 23.6. The van der Waals surface area contributed by atoms with Crippen LogP contribution in [0.15, 0.2) is 83.9 Å². The van der Waals surface area contributed by atoms with Crippen LogP contribution in [0.25, 0.3) is 0 Å². The molecule has 3 heteroatoms. The SMILES string of the molecule is COc1ccccc1C=Nc1ccc([C@@H]2Nc3ccc(C)cc3[C@H]3C=CC[C@H]32)cc1. The zero-order valence-electron chi connectivity index (χ0n) is 17.4. The molecule has 1 N–H and O–H groups in total. The average molecular weight is 395 g/mol. The Morgan fingerprint density at radius 1 is 1.03 bits per heavy atom. The molecule has 0 amide bonds. The molecular formula is C27H26N2O. The molecule has 1 aliphatic heterocycles. The van der Waals surface area contributed by atoms with Gasteiger partial charge in [-0.05, 0) is 60.7 Å². The lowest BCUT2D eigenvalue weighted by Gasteiger charge is -2.37.